The van der Waals surface area contributed by atoms with Crippen LogP contribution in [0.5, 0.6) is 0 Å². The number of nitrogens with one attached hydrogen (secondary N) is 2. The molecular weight excluding hydrogens is 210 g/mol. The second kappa shape index (κ2) is 5.68. The summed E-state index contributed by atoms with van der Waals surface area (Å²) in [7, 11) is 0. The monoisotopic (exact) mass is 242 g/mol. The van der Waals surface area contributed by atoms with Gasteiger partial charge in [-0.1, -0.05) is 6.92 Å². The third kappa shape index (κ3) is 2.83. The molecule has 100 valence electrons. The van der Waals surface area contributed by atoms with Gasteiger partial charge in [0.25, 0.3) is 0 Å². The van der Waals surface area contributed by atoms with Crippen molar-refractivity contribution >= 4 is 0 Å². The minimum atomic E-state index is 0.540. The van der Waals surface area contributed by atoms with Crippen molar-refractivity contribution in [2.75, 3.05) is 39.3 Å². The molecule has 0 spiro atoms. The van der Waals surface area contributed by atoms with Gasteiger partial charge in [0.05, 0.1) is 45.6 Å². The first-order valence-electron chi connectivity index (χ1n) is 7.68. The Labute approximate surface area is 106 Å². The van der Waals surface area contributed by atoms with Gasteiger partial charge in [-0.25, -0.2) is 0 Å². The van der Waals surface area contributed by atoms with Crippen LogP contribution in [-0.2, 0) is 0 Å². The normalized spacial score (nSPS) is 43.6. The Bertz CT molecular complexity index is 226. The van der Waals surface area contributed by atoms with Gasteiger partial charge in [0.15, 0.2) is 5.54 Å². The number of hydrogen-bond acceptors (Lipinski definition) is 0. The molecule has 0 unspecified atom stereocenters. The topological polar surface area (TPSA) is 36.5 Å². The molecule has 0 radical (unpaired) electrons. The molecule has 0 aromatic carbocycles. The third-order valence-electron chi connectivity index (χ3n) is 5.52. The van der Waals surface area contributed by atoms with Crippen LogP contribution in [0, 0.1) is 5.92 Å². The van der Waals surface area contributed by atoms with Crippen LogP contribution < -0.4 is 15.5 Å². The fraction of sp³-hybridized carbons (Fsp3) is 1.00. The summed E-state index contributed by atoms with van der Waals surface area (Å²) in [6, 6.07) is 0. The molecule has 2 saturated heterocycles. The van der Waals surface area contributed by atoms with E-state index < -0.39 is 0 Å². The first-order chi connectivity index (χ1) is 8.20. The summed E-state index contributed by atoms with van der Waals surface area (Å²) < 4.78 is 0. The van der Waals surface area contributed by atoms with Crippen LogP contribution in [0.1, 0.15) is 39.5 Å². The molecule has 0 saturated carbocycles. The first-order valence-corrected chi connectivity index (χ1v) is 7.68. The third-order valence-corrected chi connectivity index (χ3v) is 5.52. The van der Waals surface area contributed by atoms with E-state index in [1.54, 1.807) is 4.90 Å². The quantitative estimate of drug-likeness (QED) is 0.511. The lowest BCUT2D eigenvalue weighted by molar-refractivity contribution is -0.988. The van der Waals surface area contributed by atoms with E-state index >= 15 is 0 Å². The molecule has 2 rings (SSSR count). The molecule has 0 atom stereocenters. The molecule has 3 heteroatoms. The van der Waals surface area contributed by atoms with Crippen LogP contribution in [0.2, 0.25) is 0 Å². The Balaban J connectivity index is 1.95. The summed E-state index contributed by atoms with van der Waals surface area (Å²) >= 11 is 0. The summed E-state index contributed by atoms with van der Waals surface area (Å²) in [5, 5.41) is 0. The zero-order chi connectivity index (χ0) is 12.3. The van der Waals surface area contributed by atoms with Crippen molar-refractivity contribution in [1.82, 2.24) is 0 Å². The van der Waals surface area contributed by atoms with Crippen LogP contribution in [0.25, 0.3) is 0 Å². The van der Waals surface area contributed by atoms with Crippen molar-refractivity contribution < 1.29 is 15.5 Å². The van der Waals surface area contributed by atoms with Gasteiger partial charge in [0, 0.05) is 0 Å². The van der Waals surface area contributed by atoms with E-state index in [2.05, 4.69) is 19.6 Å². The Morgan fingerprint density at radius 1 is 1.12 bits per heavy atom. The predicted octanol–water partition coefficient (Wildman–Crippen LogP) is -2.02. The molecule has 2 fully saturated rings. The summed E-state index contributed by atoms with van der Waals surface area (Å²) in [4.78, 5) is 3.69. The zero-order valence-electron chi connectivity index (χ0n) is 11.9. The Morgan fingerprint density at radius 3 is 2.18 bits per heavy atom. The molecule has 0 bridgehead atoms. The van der Waals surface area contributed by atoms with Crippen molar-refractivity contribution in [2.24, 2.45) is 5.92 Å². The molecule has 5 N–H and O–H groups in total. The van der Waals surface area contributed by atoms with E-state index in [0.29, 0.717) is 5.54 Å². The smallest absolute Gasteiger partial charge is 0.158 e. The van der Waals surface area contributed by atoms with E-state index in [-0.39, 0.29) is 0 Å². The van der Waals surface area contributed by atoms with Crippen molar-refractivity contribution in [1.29, 1.82) is 0 Å². The van der Waals surface area contributed by atoms with Gasteiger partial charge in [0.1, 0.15) is 6.54 Å². The van der Waals surface area contributed by atoms with E-state index in [1.807, 2.05) is 4.90 Å². The first kappa shape index (κ1) is 13.3. The van der Waals surface area contributed by atoms with Gasteiger partial charge < -0.3 is 15.5 Å². The number of rotatable bonds is 3. The average Bonchev–Trinajstić information content (AvgIpc) is 2.40. The van der Waals surface area contributed by atoms with Gasteiger partial charge >= 0.3 is 0 Å². The van der Waals surface area contributed by atoms with Crippen LogP contribution in [0.15, 0.2) is 0 Å². The van der Waals surface area contributed by atoms with Crippen molar-refractivity contribution in [3.63, 3.8) is 0 Å². The van der Waals surface area contributed by atoms with Crippen molar-refractivity contribution in [3.8, 4) is 0 Å². The summed E-state index contributed by atoms with van der Waals surface area (Å²) in [6.45, 7) is 12.7. The maximum Gasteiger partial charge on any atom is 0.158 e. The second-order valence-corrected chi connectivity index (χ2v) is 6.42. The number of quaternary nitrogens is 3. The molecule has 0 aromatic rings. The van der Waals surface area contributed by atoms with E-state index in [1.165, 1.54) is 58.4 Å². The minimum Gasteiger partial charge on any atom is -0.352 e. The molecule has 0 amide bonds. The van der Waals surface area contributed by atoms with Gasteiger partial charge in [-0.2, -0.15) is 0 Å². The molecule has 2 heterocycles. The zero-order valence-corrected chi connectivity index (χ0v) is 11.9. The standard InChI is InChI=1S/C14H29N3/c1-3-16-10-6-14(12-15,7-11-16)17-8-4-13(2)5-9-17/h13H,3-12,15H2,1-2H3/p+3. The Hall–Kier alpha value is -0.120. The summed E-state index contributed by atoms with van der Waals surface area (Å²) in [6.07, 6.45) is 5.68. The maximum absolute atomic E-state index is 4.30. The second-order valence-electron chi connectivity index (χ2n) is 6.42. The highest BCUT2D eigenvalue weighted by atomic mass is 15.2. The SMILES string of the molecule is CC[NH+]1CCC(C[NH3+])([NH+]2CCC(C)CC2)CC1. The molecule has 0 aromatic heterocycles. The molecule has 2 aliphatic rings. The van der Waals surface area contributed by atoms with Gasteiger partial charge in [-0.05, 0) is 25.7 Å². The Morgan fingerprint density at radius 2 is 1.71 bits per heavy atom. The predicted molar refractivity (Wildman–Crippen MR) is 70.1 cm³/mol. The highest BCUT2D eigenvalue weighted by Crippen LogP contribution is 2.15. The lowest BCUT2D eigenvalue weighted by Crippen LogP contribution is -3.26. The van der Waals surface area contributed by atoms with Gasteiger partial charge in [-0.3, -0.25) is 0 Å². The van der Waals surface area contributed by atoms with E-state index in [9.17, 15) is 0 Å². The fourth-order valence-electron chi connectivity index (χ4n) is 3.86. The Kier molecular flexibility index (Phi) is 4.45. The van der Waals surface area contributed by atoms with Crippen LogP contribution in [-0.4, -0.2) is 44.8 Å². The van der Waals surface area contributed by atoms with E-state index in [0.717, 1.165) is 12.5 Å². The van der Waals surface area contributed by atoms with Crippen molar-refractivity contribution in [3.05, 3.63) is 0 Å². The highest BCUT2D eigenvalue weighted by molar-refractivity contribution is 4.80. The highest BCUT2D eigenvalue weighted by Gasteiger charge is 2.46. The fourth-order valence-corrected chi connectivity index (χ4v) is 3.86. The van der Waals surface area contributed by atoms with Crippen LogP contribution in [0.3, 0.4) is 0 Å². The number of piperidine rings is 2. The van der Waals surface area contributed by atoms with Crippen LogP contribution >= 0.6 is 0 Å². The largest absolute Gasteiger partial charge is 0.352 e. The summed E-state index contributed by atoms with van der Waals surface area (Å²) in [5.74, 6) is 0.960. The molecule has 17 heavy (non-hydrogen) atoms. The van der Waals surface area contributed by atoms with Crippen LogP contribution in [0.4, 0.5) is 0 Å². The van der Waals surface area contributed by atoms with Gasteiger partial charge in [-0.15, -0.1) is 0 Å². The van der Waals surface area contributed by atoms with E-state index in [4.69, 9.17) is 0 Å². The molecule has 0 aliphatic carbocycles. The molecular formula is C14H32N3+3. The lowest BCUT2D eigenvalue weighted by atomic mass is 9.83. The number of hydrogen-bond donors (Lipinski definition) is 3. The lowest BCUT2D eigenvalue weighted by Gasteiger charge is -2.44. The summed E-state index contributed by atoms with van der Waals surface area (Å²) in [5.41, 5.74) is 4.84. The number of likely N-dealkylation sites (tertiary alicyclic amines) is 2. The average molecular weight is 242 g/mol. The van der Waals surface area contributed by atoms with Gasteiger partial charge in [0.2, 0.25) is 0 Å². The van der Waals surface area contributed by atoms with Crippen molar-refractivity contribution in [2.45, 2.75) is 45.1 Å². The maximum atomic E-state index is 4.30. The molecule has 2 aliphatic heterocycles. The molecule has 3 nitrogen and oxygen atoms in total. The minimum absolute atomic E-state index is 0.540.